The zero-order chi connectivity index (χ0) is 20.8. The summed E-state index contributed by atoms with van der Waals surface area (Å²) >= 11 is 1.80. The van der Waals surface area contributed by atoms with Gasteiger partial charge in [0.05, 0.1) is 44.2 Å². The van der Waals surface area contributed by atoms with Gasteiger partial charge in [0.1, 0.15) is 11.8 Å². The third kappa shape index (κ3) is 5.73. The molecule has 0 spiro atoms. The van der Waals surface area contributed by atoms with Crippen LogP contribution in [0, 0.1) is 5.92 Å². The molecule has 1 aliphatic rings. The van der Waals surface area contributed by atoms with Crippen molar-refractivity contribution in [2.24, 2.45) is 5.92 Å². The average Bonchev–Trinajstić information content (AvgIpc) is 3.22. The summed E-state index contributed by atoms with van der Waals surface area (Å²) in [5.41, 5.74) is 1.25. The van der Waals surface area contributed by atoms with Crippen molar-refractivity contribution in [3.8, 4) is 5.75 Å². The quantitative estimate of drug-likeness (QED) is 0.696. The Labute approximate surface area is 178 Å². The predicted molar refractivity (Wildman–Crippen MR) is 120 cm³/mol. The van der Waals surface area contributed by atoms with Crippen LogP contribution >= 0.6 is 11.3 Å². The fourth-order valence-electron chi connectivity index (χ4n) is 4.19. The lowest BCUT2D eigenvalue weighted by Gasteiger charge is -2.39. The van der Waals surface area contributed by atoms with Crippen molar-refractivity contribution >= 4 is 22.9 Å². The van der Waals surface area contributed by atoms with Crippen LogP contribution in [-0.4, -0.2) is 45.2 Å². The smallest absolute Gasteiger partial charge is 0.220 e. The molecule has 5 nitrogen and oxygen atoms in total. The highest BCUT2D eigenvalue weighted by Crippen LogP contribution is 2.22. The van der Waals surface area contributed by atoms with E-state index in [4.69, 9.17) is 4.74 Å². The standard InChI is InChI=1S/C23H33N3O2S/c1-17(2)16-22(27)24-18(3)23(21-6-5-15-29-21)26-13-11-25(12-14-26)19-7-9-20(28-4)10-8-19/h5-10,15,17-18,23H,11-14,16H2,1-4H3,(H,24,27)/p+1/t18-,23+/m0/s1. The molecule has 1 aromatic heterocycles. The highest BCUT2D eigenvalue weighted by atomic mass is 32.1. The first-order valence-corrected chi connectivity index (χ1v) is 11.4. The maximum atomic E-state index is 12.4. The van der Waals surface area contributed by atoms with Crippen LogP contribution in [0.5, 0.6) is 5.75 Å². The van der Waals surface area contributed by atoms with E-state index in [1.807, 2.05) is 12.1 Å². The van der Waals surface area contributed by atoms with Crippen molar-refractivity contribution in [3.63, 3.8) is 0 Å². The predicted octanol–water partition coefficient (Wildman–Crippen LogP) is 2.75. The zero-order valence-electron chi connectivity index (χ0n) is 18.0. The first-order valence-electron chi connectivity index (χ1n) is 10.5. The summed E-state index contributed by atoms with van der Waals surface area (Å²) in [4.78, 5) is 17.7. The molecule has 0 radical (unpaired) electrons. The van der Waals surface area contributed by atoms with Gasteiger partial charge in [0, 0.05) is 12.1 Å². The Morgan fingerprint density at radius 2 is 1.86 bits per heavy atom. The number of methoxy groups -OCH3 is 1. The first kappa shape index (κ1) is 21.7. The molecule has 29 heavy (non-hydrogen) atoms. The van der Waals surface area contributed by atoms with E-state index in [1.54, 1.807) is 23.3 Å². The monoisotopic (exact) mass is 416 g/mol. The number of benzene rings is 1. The van der Waals surface area contributed by atoms with E-state index in [0.29, 0.717) is 18.4 Å². The molecular weight excluding hydrogens is 382 g/mol. The normalized spacial score (nSPS) is 17.2. The van der Waals surface area contributed by atoms with Gasteiger partial charge in [0.2, 0.25) is 5.91 Å². The molecule has 1 aromatic carbocycles. The van der Waals surface area contributed by atoms with Crippen LogP contribution in [0.3, 0.4) is 0 Å². The summed E-state index contributed by atoms with van der Waals surface area (Å²) in [6, 6.07) is 13.0. The molecule has 158 valence electrons. The largest absolute Gasteiger partial charge is 0.497 e. The molecule has 0 unspecified atom stereocenters. The van der Waals surface area contributed by atoms with Crippen molar-refractivity contribution in [1.82, 2.24) is 5.32 Å². The molecule has 1 saturated heterocycles. The van der Waals surface area contributed by atoms with E-state index in [0.717, 1.165) is 31.9 Å². The second-order valence-corrected chi connectivity index (χ2v) is 9.27. The van der Waals surface area contributed by atoms with Crippen molar-refractivity contribution in [2.45, 2.75) is 39.3 Å². The molecule has 3 rings (SSSR count). The number of anilines is 1. The average molecular weight is 417 g/mol. The van der Waals surface area contributed by atoms with Gasteiger partial charge in [0.25, 0.3) is 0 Å². The second-order valence-electron chi connectivity index (χ2n) is 8.29. The van der Waals surface area contributed by atoms with Crippen molar-refractivity contribution in [3.05, 3.63) is 46.7 Å². The summed E-state index contributed by atoms with van der Waals surface area (Å²) in [5.74, 6) is 1.43. The Morgan fingerprint density at radius 1 is 1.17 bits per heavy atom. The number of amides is 1. The lowest BCUT2D eigenvalue weighted by atomic mass is 10.0. The number of piperazine rings is 1. The van der Waals surface area contributed by atoms with E-state index in [2.05, 4.69) is 60.6 Å². The van der Waals surface area contributed by atoms with Crippen LogP contribution in [-0.2, 0) is 4.79 Å². The maximum absolute atomic E-state index is 12.4. The number of carbonyl (C=O) groups excluding carboxylic acids is 1. The molecule has 6 heteroatoms. The maximum Gasteiger partial charge on any atom is 0.220 e. The molecule has 1 fully saturated rings. The van der Waals surface area contributed by atoms with Crippen LogP contribution in [0.1, 0.15) is 38.1 Å². The number of rotatable bonds is 8. The summed E-state index contributed by atoms with van der Waals surface area (Å²) in [6.07, 6.45) is 0.585. The molecule has 2 N–H and O–H groups in total. The van der Waals surface area contributed by atoms with Crippen LogP contribution in [0.4, 0.5) is 5.69 Å². The molecule has 1 amide bonds. The summed E-state index contributed by atoms with van der Waals surface area (Å²) in [5, 5.41) is 5.41. The topological polar surface area (TPSA) is 46.0 Å². The molecule has 2 aromatic rings. The summed E-state index contributed by atoms with van der Waals surface area (Å²) < 4.78 is 5.27. The Kier molecular flexibility index (Phi) is 7.56. The highest BCUT2D eigenvalue weighted by molar-refractivity contribution is 7.10. The van der Waals surface area contributed by atoms with Crippen LogP contribution in [0.25, 0.3) is 0 Å². The SMILES string of the molecule is COc1ccc(N2CC[NH+]([C@@H](c3cccs3)[C@H](C)NC(=O)CC(C)C)CC2)cc1. The summed E-state index contributed by atoms with van der Waals surface area (Å²) in [7, 11) is 1.70. The lowest BCUT2D eigenvalue weighted by molar-refractivity contribution is -0.933. The molecule has 2 atom stereocenters. The van der Waals surface area contributed by atoms with Gasteiger partial charge in [-0.15, -0.1) is 11.3 Å². The number of thiophene rings is 1. The summed E-state index contributed by atoms with van der Waals surface area (Å²) in [6.45, 7) is 10.5. The first-order chi connectivity index (χ1) is 14.0. The number of carbonyl (C=O) groups is 1. The molecule has 1 aliphatic heterocycles. The molecular formula is C23H34N3O2S+. The van der Waals surface area contributed by atoms with Gasteiger partial charge >= 0.3 is 0 Å². The van der Waals surface area contributed by atoms with Gasteiger partial charge in [-0.1, -0.05) is 19.9 Å². The van der Waals surface area contributed by atoms with E-state index < -0.39 is 0 Å². The van der Waals surface area contributed by atoms with Crippen LogP contribution in [0.15, 0.2) is 41.8 Å². The van der Waals surface area contributed by atoms with Crippen molar-refractivity contribution in [1.29, 1.82) is 0 Å². The molecule has 2 heterocycles. The van der Waals surface area contributed by atoms with Gasteiger partial charge in [-0.25, -0.2) is 0 Å². The van der Waals surface area contributed by atoms with Gasteiger partial charge in [-0.2, -0.15) is 0 Å². The van der Waals surface area contributed by atoms with Crippen molar-refractivity contribution < 1.29 is 14.4 Å². The number of hydrogen-bond acceptors (Lipinski definition) is 4. The van der Waals surface area contributed by atoms with Gasteiger partial charge in [-0.05, 0) is 48.6 Å². The minimum atomic E-state index is 0.113. The lowest BCUT2D eigenvalue weighted by Crippen LogP contribution is -3.16. The highest BCUT2D eigenvalue weighted by Gasteiger charge is 2.34. The van der Waals surface area contributed by atoms with E-state index in [1.165, 1.54) is 10.6 Å². The minimum absolute atomic E-state index is 0.113. The third-order valence-corrected chi connectivity index (χ3v) is 6.57. The van der Waals surface area contributed by atoms with E-state index in [9.17, 15) is 4.79 Å². The third-order valence-electron chi connectivity index (χ3n) is 5.62. The molecule has 0 saturated carbocycles. The number of nitrogens with one attached hydrogen (secondary N) is 2. The number of quaternary nitrogens is 1. The minimum Gasteiger partial charge on any atom is -0.497 e. The van der Waals surface area contributed by atoms with Gasteiger partial charge in [-0.3, -0.25) is 4.79 Å². The van der Waals surface area contributed by atoms with E-state index >= 15 is 0 Å². The Morgan fingerprint density at radius 3 is 2.41 bits per heavy atom. The fourth-order valence-corrected chi connectivity index (χ4v) is 5.18. The van der Waals surface area contributed by atoms with E-state index in [-0.39, 0.29) is 11.9 Å². The Hall–Kier alpha value is -2.05. The van der Waals surface area contributed by atoms with Gasteiger partial charge in [0.15, 0.2) is 0 Å². The Bertz CT molecular complexity index is 753. The zero-order valence-corrected chi connectivity index (χ0v) is 18.8. The molecule has 0 bridgehead atoms. The van der Waals surface area contributed by atoms with Crippen LogP contribution < -0.4 is 19.9 Å². The number of hydrogen-bond donors (Lipinski definition) is 2. The second kappa shape index (κ2) is 10.1. The fraction of sp³-hybridized carbons (Fsp3) is 0.522. The number of ether oxygens (including phenoxy) is 1. The van der Waals surface area contributed by atoms with Gasteiger partial charge < -0.3 is 19.9 Å². The molecule has 0 aliphatic carbocycles. The van der Waals surface area contributed by atoms with Crippen LogP contribution in [0.2, 0.25) is 0 Å². The Balaban J connectivity index is 1.65. The number of nitrogens with zero attached hydrogens (tertiary/aromatic N) is 1. The van der Waals surface area contributed by atoms with Crippen molar-refractivity contribution in [2.75, 3.05) is 38.2 Å².